The molecule has 1 atom stereocenters. The minimum Gasteiger partial charge on any atom is -0.355 e. The Kier molecular flexibility index (Phi) is 4.80. The Morgan fingerprint density at radius 3 is 3.14 bits per heavy atom. The zero-order chi connectivity index (χ0) is 14.7. The summed E-state index contributed by atoms with van der Waals surface area (Å²) in [5, 5.41) is 5.67. The fourth-order valence-electron chi connectivity index (χ4n) is 3.21. The highest BCUT2D eigenvalue weighted by Gasteiger charge is 2.24. The van der Waals surface area contributed by atoms with Gasteiger partial charge in [0.2, 0.25) is 0 Å². The van der Waals surface area contributed by atoms with Crippen LogP contribution in [0.1, 0.15) is 45.2 Å². The van der Waals surface area contributed by atoms with Crippen LogP contribution in [0.5, 0.6) is 0 Å². The quantitative estimate of drug-likeness (QED) is 0.829. The van der Waals surface area contributed by atoms with Gasteiger partial charge < -0.3 is 10.2 Å². The van der Waals surface area contributed by atoms with E-state index in [1.807, 2.05) is 0 Å². The molecule has 1 saturated heterocycles. The van der Waals surface area contributed by atoms with E-state index in [2.05, 4.69) is 40.0 Å². The van der Waals surface area contributed by atoms with Crippen molar-refractivity contribution in [1.82, 2.24) is 14.7 Å². The van der Waals surface area contributed by atoms with Crippen LogP contribution in [0.3, 0.4) is 0 Å². The Morgan fingerprint density at radius 1 is 1.43 bits per heavy atom. The van der Waals surface area contributed by atoms with E-state index < -0.39 is 0 Å². The largest absolute Gasteiger partial charge is 0.355 e. The molecule has 5 heteroatoms. The molecule has 1 N–H and O–H groups in total. The first-order valence-electron chi connectivity index (χ1n) is 8.23. The van der Waals surface area contributed by atoms with Crippen molar-refractivity contribution in [2.24, 2.45) is 5.92 Å². The highest BCUT2D eigenvalue weighted by Crippen LogP contribution is 2.29. The van der Waals surface area contributed by atoms with E-state index in [4.69, 9.17) is 4.98 Å². The molecule has 1 aliphatic heterocycles. The smallest absolute Gasteiger partial charge is 0.195 e. The lowest BCUT2D eigenvalue weighted by atomic mass is 9.95. The molecule has 0 aromatic carbocycles. The van der Waals surface area contributed by atoms with Crippen LogP contribution < -0.4 is 10.2 Å². The van der Waals surface area contributed by atoms with Crippen LogP contribution in [0.25, 0.3) is 4.96 Å². The van der Waals surface area contributed by atoms with Gasteiger partial charge in [-0.3, -0.25) is 4.40 Å². The molecule has 3 heterocycles. The summed E-state index contributed by atoms with van der Waals surface area (Å²) in [6.07, 6.45) is 7.27. The Hall–Kier alpha value is -1.07. The van der Waals surface area contributed by atoms with Crippen LogP contribution in [-0.2, 0) is 6.54 Å². The Balaban J connectivity index is 1.85. The molecule has 1 fully saturated rings. The summed E-state index contributed by atoms with van der Waals surface area (Å²) in [7, 11) is 0. The molecule has 21 heavy (non-hydrogen) atoms. The summed E-state index contributed by atoms with van der Waals surface area (Å²) in [6.45, 7) is 8.82. The van der Waals surface area contributed by atoms with E-state index in [1.54, 1.807) is 11.3 Å². The molecule has 0 spiro atoms. The summed E-state index contributed by atoms with van der Waals surface area (Å²) < 4.78 is 2.26. The van der Waals surface area contributed by atoms with Crippen LogP contribution in [0.2, 0.25) is 0 Å². The van der Waals surface area contributed by atoms with Gasteiger partial charge in [-0.2, -0.15) is 0 Å². The lowest BCUT2D eigenvalue weighted by molar-refractivity contribution is 0.402. The van der Waals surface area contributed by atoms with Gasteiger partial charge in [-0.15, -0.1) is 11.3 Å². The van der Waals surface area contributed by atoms with Crippen LogP contribution in [0, 0.1) is 5.92 Å². The number of aromatic nitrogens is 2. The van der Waals surface area contributed by atoms with Crippen LogP contribution in [0.4, 0.5) is 5.82 Å². The lowest BCUT2D eigenvalue weighted by Crippen LogP contribution is -2.36. The first kappa shape index (κ1) is 14.9. The van der Waals surface area contributed by atoms with Gasteiger partial charge in [0.1, 0.15) is 0 Å². The molecule has 0 amide bonds. The van der Waals surface area contributed by atoms with Gasteiger partial charge in [0.25, 0.3) is 0 Å². The standard InChI is InChI=1S/C16H26N4S/c1-3-7-17-11-14-15(18-16-20(14)9-10-21-16)19-8-5-6-13(4-2)12-19/h9-10,13,17H,3-8,11-12H2,1-2H3. The predicted octanol–water partition coefficient (Wildman–Crippen LogP) is 3.52. The molecule has 0 radical (unpaired) electrons. The van der Waals surface area contributed by atoms with Gasteiger partial charge in [0.05, 0.1) is 5.69 Å². The molecular weight excluding hydrogens is 280 g/mol. The second kappa shape index (κ2) is 6.79. The van der Waals surface area contributed by atoms with Crippen molar-refractivity contribution in [3.63, 3.8) is 0 Å². The van der Waals surface area contributed by atoms with Crippen LogP contribution >= 0.6 is 11.3 Å². The van der Waals surface area contributed by atoms with Crippen molar-refractivity contribution in [3.05, 3.63) is 17.3 Å². The first-order chi connectivity index (χ1) is 10.3. The van der Waals surface area contributed by atoms with Gasteiger partial charge in [-0.1, -0.05) is 20.3 Å². The zero-order valence-corrected chi connectivity index (χ0v) is 14.0. The molecule has 2 aromatic rings. The fraction of sp³-hybridized carbons (Fsp3) is 0.688. The normalized spacial score (nSPS) is 19.5. The van der Waals surface area contributed by atoms with E-state index in [9.17, 15) is 0 Å². The Labute approximate surface area is 131 Å². The third kappa shape index (κ3) is 3.09. The molecule has 0 saturated carbocycles. The molecule has 0 bridgehead atoms. The van der Waals surface area contributed by atoms with E-state index in [0.717, 1.165) is 30.5 Å². The molecule has 3 rings (SSSR count). The lowest BCUT2D eigenvalue weighted by Gasteiger charge is -2.33. The summed E-state index contributed by atoms with van der Waals surface area (Å²) in [5.74, 6) is 2.04. The van der Waals surface area contributed by atoms with Crippen molar-refractivity contribution in [3.8, 4) is 0 Å². The second-order valence-electron chi connectivity index (χ2n) is 5.98. The predicted molar refractivity (Wildman–Crippen MR) is 90.3 cm³/mol. The maximum atomic E-state index is 4.91. The molecule has 4 nitrogen and oxygen atoms in total. The average Bonchev–Trinajstić information content (AvgIpc) is 3.09. The van der Waals surface area contributed by atoms with Crippen molar-refractivity contribution in [2.45, 2.75) is 46.1 Å². The maximum absolute atomic E-state index is 4.91. The number of hydrogen-bond donors (Lipinski definition) is 1. The molecular formula is C16H26N4S. The second-order valence-corrected chi connectivity index (χ2v) is 6.85. The third-order valence-corrected chi connectivity index (χ3v) is 5.21. The van der Waals surface area contributed by atoms with Crippen molar-refractivity contribution >= 4 is 22.1 Å². The highest BCUT2D eigenvalue weighted by molar-refractivity contribution is 7.15. The maximum Gasteiger partial charge on any atom is 0.195 e. The van der Waals surface area contributed by atoms with Gasteiger partial charge in [0, 0.05) is 31.2 Å². The van der Waals surface area contributed by atoms with E-state index in [0.29, 0.717) is 0 Å². The number of imidazole rings is 1. The average molecular weight is 306 g/mol. The summed E-state index contributed by atoms with van der Waals surface area (Å²) >= 11 is 1.73. The van der Waals surface area contributed by atoms with E-state index in [1.165, 1.54) is 43.7 Å². The minimum atomic E-state index is 0.829. The number of rotatable bonds is 6. The van der Waals surface area contributed by atoms with Crippen molar-refractivity contribution < 1.29 is 0 Å². The number of anilines is 1. The fourth-order valence-corrected chi connectivity index (χ4v) is 3.94. The topological polar surface area (TPSA) is 32.6 Å². The number of nitrogens with one attached hydrogen (secondary N) is 1. The number of fused-ring (bicyclic) bond motifs is 1. The minimum absolute atomic E-state index is 0.829. The third-order valence-electron chi connectivity index (χ3n) is 4.46. The van der Waals surface area contributed by atoms with E-state index in [-0.39, 0.29) is 0 Å². The molecule has 1 unspecified atom stereocenters. The van der Waals surface area contributed by atoms with Gasteiger partial charge >= 0.3 is 0 Å². The molecule has 2 aromatic heterocycles. The van der Waals surface area contributed by atoms with E-state index >= 15 is 0 Å². The summed E-state index contributed by atoms with van der Waals surface area (Å²) in [4.78, 5) is 8.55. The van der Waals surface area contributed by atoms with Crippen LogP contribution in [0.15, 0.2) is 11.6 Å². The highest BCUT2D eigenvalue weighted by atomic mass is 32.1. The number of piperidine rings is 1. The number of hydrogen-bond acceptors (Lipinski definition) is 4. The van der Waals surface area contributed by atoms with Crippen LogP contribution in [-0.4, -0.2) is 29.0 Å². The summed E-state index contributed by atoms with van der Waals surface area (Å²) in [6, 6.07) is 0. The molecule has 116 valence electrons. The van der Waals surface area contributed by atoms with Gasteiger partial charge in [-0.05, 0) is 31.7 Å². The Bertz CT molecular complexity index is 574. The Morgan fingerprint density at radius 2 is 2.33 bits per heavy atom. The zero-order valence-electron chi connectivity index (χ0n) is 13.1. The SMILES string of the molecule is CCCNCc1c(N2CCCC(CC)C2)nc2sccn12. The number of thiazole rings is 1. The summed E-state index contributed by atoms with van der Waals surface area (Å²) in [5.41, 5.74) is 1.33. The molecule has 1 aliphatic rings. The van der Waals surface area contributed by atoms with Crippen molar-refractivity contribution in [2.75, 3.05) is 24.5 Å². The van der Waals surface area contributed by atoms with Gasteiger partial charge in [-0.25, -0.2) is 4.98 Å². The van der Waals surface area contributed by atoms with Crippen molar-refractivity contribution in [1.29, 1.82) is 0 Å². The molecule has 0 aliphatic carbocycles. The van der Waals surface area contributed by atoms with Gasteiger partial charge in [0.15, 0.2) is 10.8 Å². The first-order valence-corrected chi connectivity index (χ1v) is 9.11. The monoisotopic (exact) mass is 306 g/mol. The number of nitrogens with zero attached hydrogens (tertiary/aromatic N) is 3.